The number of rotatable bonds is 4. The van der Waals surface area contributed by atoms with E-state index < -0.39 is 6.10 Å². The van der Waals surface area contributed by atoms with E-state index in [1.54, 1.807) is 6.20 Å². The summed E-state index contributed by atoms with van der Waals surface area (Å²) in [5.74, 6) is 0.219. The molecule has 0 bridgehead atoms. The molecule has 0 spiro atoms. The highest BCUT2D eigenvalue weighted by molar-refractivity contribution is 6.34. The van der Waals surface area contributed by atoms with Crippen LogP contribution in [-0.2, 0) is 0 Å². The largest absolute Gasteiger partial charge is 0.390 e. The Balaban J connectivity index is 2.20. The van der Waals surface area contributed by atoms with E-state index in [0.29, 0.717) is 11.7 Å². The minimum atomic E-state index is -0.548. The molecule has 0 aliphatic carbocycles. The third-order valence-electron chi connectivity index (χ3n) is 2.44. The molecule has 3 nitrogen and oxygen atoms in total. The zero-order chi connectivity index (χ0) is 12.3. The number of nitrogens with one attached hydrogen (secondary N) is 1. The molecule has 0 saturated carbocycles. The molecule has 0 aliphatic heterocycles. The van der Waals surface area contributed by atoms with Gasteiger partial charge in [-0.3, -0.25) is 0 Å². The Bertz CT molecular complexity index is 519. The lowest BCUT2D eigenvalue weighted by atomic mass is 10.1. The van der Waals surface area contributed by atoms with Gasteiger partial charge in [0.15, 0.2) is 0 Å². The number of alkyl halides is 1. The van der Waals surface area contributed by atoms with Crippen LogP contribution in [0.25, 0.3) is 10.8 Å². The van der Waals surface area contributed by atoms with E-state index in [4.69, 9.17) is 23.2 Å². The van der Waals surface area contributed by atoms with E-state index in [2.05, 4.69) is 10.3 Å². The maximum absolute atomic E-state index is 9.35. The number of hydrogen-bond donors (Lipinski definition) is 2. The second-order valence-corrected chi connectivity index (χ2v) is 4.39. The molecule has 17 heavy (non-hydrogen) atoms. The van der Waals surface area contributed by atoms with E-state index in [-0.39, 0.29) is 5.88 Å². The lowest BCUT2D eigenvalue weighted by Crippen LogP contribution is -2.20. The molecule has 1 atom stereocenters. The van der Waals surface area contributed by atoms with Crippen LogP contribution in [0, 0.1) is 0 Å². The molecule has 1 aromatic carbocycles. The standard InChI is InChI=1S/C12H12Cl2N2O/c13-6-10(17)7-16-9-1-2-11-8(5-9)3-4-15-12(11)14/h1-5,10,16-17H,6-7H2. The van der Waals surface area contributed by atoms with Crippen molar-refractivity contribution >= 4 is 39.7 Å². The molecule has 0 saturated heterocycles. The first-order valence-corrected chi connectivity index (χ1v) is 6.14. The van der Waals surface area contributed by atoms with Crippen LogP contribution in [0.2, 0.25) is 5.15 Å². The Morgan fingerprint density at radius 2 is 2.18 bits per heavy atom. The molecular formula is C12H12Cl2N2O. The molecule has 2 N–H and O–H groups in total. The minimum absolute atomic E-state index is 0.219. The highest BCUT2D eigenvalue weighted by atomic mass is 35.5. The number of anilines is 1. The summed E-state index contributed by atoms with van der Waals surface area (Å²) in [5, 5.41) is 14.9. The quantitative estimate of drug-likeness (QED) is 0.664. The molecule has 2 aromatic rings. The smallest absolute Gasteiger partial charge is 0.136 e. The highest BCUT2D eigenvalue weighted by Crippen LogP contribution is 2.23. The molecule has 1 heterocycles. The molecule has 2 rings (SSSR count). The van der Waals surface area contributed by atoms with E-state index in [1.165, 1.54) is 0 Å². The van der Waals surface area contributed by atoms with Gasteiger partial charge in [0.05, 0.1) is 12.0 Å². The molecule has 5 heteroatoms. The van der Waals surface area contributed by atoms with Gasteiger partial charge in [-0.1, -0.05) is 11.6 Å². The van der Waals surface area contributed by atoms with Gasteiger partial charge in [0, 0.05) is 23.8 Å². The maximum Gasteiger partial charge on any atom is 0.136 e. The lowest BCUT2D eigenvalue weighted by Gasteiger charge is -2.10. The topological polar surface area (TPSA) is 45.1 Å². The van der Waals surface area contributed by atoms with Crippen molar-refractivity contribution in [2.75, 3.05) is 17.7 Å². The average molecular weight is 271 g/mol. The number of aliphatic hydroxyl groups excluding tert-OH is 1. The van der Waals surface area contributed by atoms with Crippen molar-refractivity contribution < 1.29 is 5.11 Å². The molecule has 1 unspecified atom stereocenters. The van der Waals surface area contributed by atoms with Crippen molar-refractivity contribution in [3.05, 3.63) is 35.6 Å². The summed E-state index contributed by atoms with van der Waals surface area (Å²) in [6.07, 6.45) is 1.12. The third-order valence-corrected chi connectivity index (χ3v) is 3.09. The fourth-order valence-electron chi connectivity index (χ4n) is 1.54. The molecule has 0 amide bonds. The summed E-state index contributed by atoms with van der Waals surface area (Å²) in [6.45, 7) is 0.424. The van der Waals surface area contributed by atoms with Gasteiger partial charge in [-0.15, -0.1) is 11.6 Å². The van der Waals surface area contributed by atoms with Gasteiger partial charge >= 0.3 is 0 Å². The lowest BCUT2D eigenvalue weighted by molar-refractivity contribution is 0.211. The predicted octanol–water partition coefficient (Wildman–Crippen LogP) is 2.90. The summed E-state index contributed by atoms with van der Waals surface area (Å²) in [6, 6.07) is 7.66. The van der Waals surface area contributed by atoms with Gasteiger partial charge in [-0.05, 0) is 29.7 Å². The summed E-state index contributed by atoms with van der Waals surface area (Å²) in [4.78, 5) is 4.01. The summed E-state index contributed by atoms with van der Waals surface area (Å²) in [7, 11) is 0. The number of nitrogens with zero attached hydrogens (tertiary/aromatic N) is 1. The maximum atomic E-state index is 9.35. The van der Waals surface area contributed by atoms with Crippen molar-refractivity contribution in [2.45, 2.75) is 6.10 Å². The third kappa shape index (κ3) is 3.00. The van der Waals surface area contributed by atoms with Crippen LogP contribution < -0.4 is 5.32 Å². The minimum Gasteiger partial charge on any atom is -0.390 e. The Morgan fingerprint density at radius 1 is 1.35 bits per heavy atom. The van der Waals surface area contributed by atoms with Crippen LogP contribution in [0.4, 0.5) is 5.69 Å². The van der Waals surface area contributed by atoms with Gasteiger partial charge in [0.25, 0.3) is 0 Å². The van der Waals surface area contributed by atoms with E-state index >= 15 is 0 Å². The number of halogens is 2. The number of aliphatic hydroxyl groups is 1. The summed E-state index contributed by atoms with van der Waals surface area (Å²) < 4.78 is 0. The molecule has 0 fully saturated rings. The van der Waals surface area contributed by atoms with Crippen LogP contribution in [-0.4, -0.2) is 28.6 Å². The molecule has 90 valence electrons. The van der Waals surface area contributed by atoms with E-state index in [0.717, 1.165) is 16.5 Å². The van der Waals surface area contributed by atoms with Gasteiger partial charge in [-0.25, -0.2) is 4.98 Å². The van der Waals surface area contributed by atoms with Gasteiger partial charge in [0.2, 0.25) is 0 Å². The van der Waals surface area contributed by atoms with Crippen molar-refractivity contribution in [3.8, 4) is 0 Å². The van der Waals surface area contributed by atoms with Crippen LogP contribution in [0.5, 0.6) is 0 Å². The molecular weight excluding hydrogens is 259 g/mol. The SMILES string of the molecule is OC(CCl)CNc1ccc2c(Cl)nccc2c1. The molecule has 0 radical (unpaired) electrons. The number of fused-ring (bicyclic) bond motifs is 1. The normalized spacial score (nSPS) is 12.6. The highest BCUT2D eigenvalue weighted by Gasteiger charge is 2.03. The van der Waals surface area contributed by atoms with Gasteiger partial charge < -0.3 is 10.4 Å². The fraction of sp³-hybridized carbons (Fsp3) is 0.250. The summed E-state index contributed by atoms with van der Waals surface area (Å²) >= 11 is 11.5. The summed E-state index contributed by atoms with van der Waals surface area (Å²) in [5.41, 5.74) is 0.920. The predicted molar refractivity (Wildman–Crippen MR) is 72.0 cm³/mol. The second-order valence-electron chi connectivity index (χ2n) is 3.73. The first-order valence-electron chi connectivity index (χ1n) is 5.23. The Labute approximate surface area is 109 Å². The zero-order valence-corrected chi connectivity index (χ0v) is 10.5. The number of hydrogen-bond acceptors (Lipinski definition) is 3. The number of pyridine rings is 1. The van der Waals surface area contributed by atoms with Crippen LogP contribution in [0.15, 0.2) is 30.5 Å². The van der Waals surface area contributed by atoms with Gasteiger partial charge in [0.1, 0.15) is 5.15 Å². The van der Waals surface area contributed by atoms with Crippen LogP contribution in [0.3, 0.4) is 0 Å². The Kier molecular flexibility index (Phi) is 4.05. The molecule has 1 aromatic heterocycles. The van der Waals surface area contributed by atoms with Crippen molar-refractivity contribution in [1.82, 2.24) is 4.98 Å². The van der Waals surface area contributed by atoms with Crippen LogP contribution in [0.1, 0.15) is 0 Å². The monoisotopic (exact) mass is 270 g/mol. The average Bonchev–Trinajstić information content (AvgIpc) is 2.36. The van der Waals surface area contributed by atoms with E-state index in [9.17, 15) is 5.11 Å². The Hall–Kier alpha value is -1.03. The first-order chi connectivity index (χ1) is 8.20. The number of aromatic nitrogens is 1. The first kappa shape index (κ1) is 12.4. The van der Waals surface area contributed by atoms with Crippen molar-refractivity contribution in [1.29, 1.82) is 0 Å². The van der Waals surface area contributed by atoms with Crippen LogP contribution >= 0.6 is 23.2 Å². The Morgan fingerprint density at radius 3 is 2.94 bits per heavy atom. The number of benzene rings is 1. The van der Waals surface area contributed by atoms with Crippen molar-refractivity contribution in [2.24, 2.45) is 0 Å². The zero-order valence-electron chi connectivity index (χ0n) is 9.03. The van der Waals surface area contributed by atoms with E-state index in [1.807, 2.05) is 24.3 Å². The van der Waals surface area contributed by atoms with Gasteiger partial charge in [-0.2, -0.15) is 0 Å². The fourth-order valence-corrected chi connectivity index (χ4v) is 1.88. The van der Waals surface area contributed by atoms with Crippen molar-refractivity contribution in [3.63, 3.8) is 0 Å². The second kappa shape index (κ2) is 5.54. The molecule has 0 aliphatic rings.